The van der Waals surface area contributed by atoms with E-state index >= 15 is 0 Å². The molecule has 2 aromatic carbocycles. The van der Waals surface area contributed by atoms with Crippen LogP contribution in [0, 0.1) is 0 Å². The molecule has 0 aliphatic carbocycles. The second-order valence-electron chi connectivity index (χ2n) is 5.75. The Bertz CT molecular complexity index is 926. The largest absolute Gasteiger partial charge is 0.416 e. The average molecular weight is 376 g/mol. The number of rotatable bonds is 5. The first-order valence-electron chi connectivity index (χ1n) is 7.94. The second kappa shape index (κ2) is 7.58. The van der Waals surface area contributed by atoms with Crippen LogP contribution in [-0.2, 0) is 12.7 Å². The molecule has 3 aromatic rings. The zero-order valence-corrected chi connectivity index (χ0v) is 13.9. The second-order valence-corrected chi connectivity index (χ2v) is 5.75. The van der Waals surface area contributed by atoms with Crippen molar-refractivity contribution in [1.82, 2.24) is 14.8 Å². The highest BCUT2D eigenvalue weighted by Gasteiger charge is 2.30. The molecule has 0 aliphatic heterocycles. The third-order valence-electron chi connectivity index (χ3n) is 3.73. The van der Waals surface area contributed by atoms with Crippen molar-refractivity contribution in [2.24, 2.45) is 0 Å². The molecule has 1 aromatic heterocycles. The van der Waals surface area contributed by atoms with E-state index in [2.05, 4.69) is 15.4 Å². The van der Waals surface area contributed by atoms with E-state index in [1.165, 1.54) is 23.1 Å². The third-order valence-corrected chi connectivity index (χ3v) is 3.73. The molecule has 0 fully saturated rings. The Morgan fingerprint density at radius 3 is 2.59 bits per heavy atom. The molecule has 1 heterocycles. The number of halogens is 3. The fraction of sp³-hybridized carbons (Fsp3) is 0.167. The van der Waals surface area contributed by atoms with Crippen LogP contribution in [0.4, 0.5) is 18.9 Å². The lowest BCUT2D eigenvalue weighted by molar-refractivity contribution is -0.137. The molecular formula is C18H15F3N4O2. The number of hydrogen-bond acceptors (Lipinski definition) is 4. The standard InChI is InChI=1S/C18H15F3N4O2/c19-18(20,21)13-7-4-8-14(9-13)23-17(27)16-22-11-25(24-16)10-15(26)12-5-2-1-3-6-12/h1-9,11,15,26H,10H2,(H,23,27)/t15-/m0/s1. The molecule has 0 saturated carbocycles. The number of nitrogens with zero attached hydrogens (tertiary/aromatic N) is 3. The van der Waals surface area contributed by atoms with Gasteiger partial charge in [0.25, 0.3) is 5.91 Å². The highest BCUT2D eigenvalue weighted by molar-refractivity contribution is 6.01. The van der Waals surface area contributed by atoms with Crippen LogP contribution in [0.1, 0.15) is 27.8 Å². The lowest BCUT2D eigenvalue weighted by atomic mass is 10.1. The number of aliphatic hydroxyl groups is 1. The van der Waals surface area contributed by atoms with E-state index in [1.54, 1.807) is 24.3 Å². The number of benzene rings is 2. The summed E-state index contributed by atoms with van der Waals surface area (Å²) in [6, 6.07) is 13.2. The lowest BCUT2D eigenvalue weighted by Gasteiger charge is -2.10. The van der Waals surface area contributed by atoms with Crippen LogP contribution in [0.25, 0.3) is 0 Å². The van der Waals surface area contributed by atoms with E-state index in [0.29, 0.717) is 5.56 Å². The van der Waals surface area contributed by atoms with Gasteiger partial charge in [-0.15, -0.1) is 5.10 Å². The van der Waals surface area contributed by atoms with Gasteiger partial charge in [-0.3, -0.25) is 4.79 Å². The van der Waals surface area contributed by atoms with Crippen LogP contribution in [-0.4, -0.2) is 25.8 Å². The summed E-state index contributed by atoms with van der Waals surface area (Å²) >= 11 is 0. The van der Waals surface area contributed by atoms with Gasteiger partial charge in [-0.05, 0) is 23.8 Å². The van der Waals surface area contributed by atoms with E-state index in [0.717, 1.165) is 12.1 Å². The fourth-order valence-electron chi connectivity index (χ4n) is 2.40. The van der Waals surface area contributed by atoms with Crippen LogP contribution in [0.15, 0.2) is 60.9 Å². The van der Waals surface area contributed by atoms with Crippen molar-refractivity contribution in [2.75, 3.05) is 5.32 Å². The Balaban J connectivity index is 1.67. The first-order chi connectivity index (χ1) is 12.8. The molecule has 1 amide bonds. The van der Waals surface area contributed by atoms with E-state index < -0.39 is 23.8 Å². The van der Waals surface area contributed by atoms with Crippen molar-refractivity contribution in [3.63, 3.8) is 0 Å². The van der Waals surface area contributed by atoms with Gasteiger partial charge < -0.3 is 10.4 Å². The fourth-order valence-corrected chi connectivity index (χ4v) is 2.40. The minimum atomic E-state index is -4.51. The van der Waals surface area contributed by atoms with Crippen LogP contribution >= 0.6 is 0 Å². The monoisotopic (exact) mass is 376 g/mol. The maximum atomic E-state index is 12.7. The maximum absolute atomic E-state index is 12.7. The van der Waals surface area contributed by atoms with Crippen molar-refractivity contribution >= 4 is 11.6 Å². The summed E-state index contributed by atoms with van der Waals surface area (Å²) in [6.45, 7) is 0.0772. The normalized spacial score (nSPS) is 12.6. The summed E-state index contributed by atoms with van der Waals surface area (Å²) in [5, 5.41) is 16.5. The van der Waals surface area contributed by atoms with Gasteiger partial charge in [0, 0.05) is 5.69 Å². The zero-order chi connectivity index (χ0) is 19.4. The van der Waals surface area contributed by atoms with Crippen molar-refractivity contribution in [2.45, 2.75) is 18.8 Å². The van der Waals surface area contributed by atoms with E-state index in [-0.39, 0.29) is 18.1 Å². The number of alkyl halides is 3. The Kier molecular flexibility index (Phi) is 5.22. The van der Waals surface area contributed by atoms with E-state index in [1.807, 2.05) is 6.07 Å². The first kappa shape index (κ1) is 18.6. The molecule has 0 spiro atoms. The van der Waals surface area contributed by atoms with Gasteiger partial charge >= 0.3 is 6.18 Å². The molecule has 1 atom stereocenters. The number of anilines is 1. The lowest BCUT2D eigenvalue weighted by Crippen LogP contribution is -2.16. The quantitative estimate of drug-likeness (QED) is 0.716. The summed E-state index contributed by atoms with van der Waals surface area (Å²) in [6.07, 6.45) is -4.08. The SMILES string of the molecule is O=C(Nc1cccc(C(F)(F)F)c1)c1ncn(C[C@H](O)c2ccccc2)n1. The van der Waals surface area contributed by atoms with Gasteiger partial charge in [-0.2, -0.15) is 13.2 Å². The van der Waals surface area contributed by atoms with Crippen LogP contribution in [0.2, 0.25) is 0 Å². The van der Waals surface area contributed by atoms with Crippen LogP contribution in [0.5, 0.6) is 0 Å². The molecular weight excluding hydrogens is 361 g/mol. The smallest absolute Gasteiger partial charge is 0.386 e. The molecule has 3 rings (SSSR count). The summed E-state index contributed by atoms with van der Waals surface area (Å²) in [4.78, 5) is 16.0. The number of aromatic nitrogens is 3. The van der Waals surface area contributed by atoms with Gasteiger partial charge in [0.2, 0.25) is 5.82 Å². The van der Waals surface area contributed by atoms with Gasteiger partial charge in [-0.25, -0.2) is 9.67 Å². The van der Waals surface area contributed by atoms with Crippen molar-refractivity contribution in [1.29, 1.82) is 0 Å². The number of aliphatic hydroxyl groups excluding tert-OH is 1. The van der Waals surface area contributed by atoms with Crippen LogP contribution in [0.3, 0.4) is 0 Å². The Labute approximate surface area is 152 Å². The predicted molar refractivity (Wildman–Crippen MR) is 90.8 cm³/mol. The molecule has 0 saturated heterocycles. The number of hydrogen-bond donors (Lipinski definition) is 2. The summed E-state index contributed by atoms with van der Waals surface area (Å²) < 4.78 is 39.5. The number of carbonyl (C=O) groups is 1. The van der Waals surface area contributed by atoms with E-state index in [9.17, 15) is 23.1 Å². The van der Waals surface area contributed by atoms with Gasteiger partial charge in [0.05, 0.1) is 18.2 Å². The van der Waals surface area contributed by atoms with Crippen molar-refractivity contribution in [3.8, 4) is 0 Å². The van der Waals surface area contributed by atoms with Crippen molar-refractivity contribution < 1.29 is 23.1 Å². The Hall–Kier alpha value is -3.20. The van der Waals surface area contributed by atoms with Crippen LogP contribution < -0.4 is 5.32 Å². The molecule has 0 aliphatic rings. The summed E-state index contributed by atoms with van der Waals surface area (Å²) in [5.74, 6) is -0.963. The average Bonchev–Trinajstić information content (AvgIpc) is 3.10. The number of amides is 1. The Morgan fingerprint density at radius 2 is 1.89 bits per heavy atom. The Morgan fingerprint density at radius 1 is 1.15 bits per heavy atom. The molecule has 0 bridgehead atoms. The predicted octanol–water partition coefficient (Wildman–Crippen LogP) is 3.28. The van der Waals surface area contributed by atoms with Gasteiger partial charge in [0.1, 0.15) is 6.33 Å². The number of carbonyl (C=O) groups excluding carboxylic acids is 1. The molecule has 27 heavy (non-hydrogen) atoms. The molecule has 0 unspecified atom stereocenters. The van der Waals surface area contributed by atoms with Gasteiger partial charge in [0.15, 0.2) is 0 Å². The van der Waals surface area contributed by atoms with E-state index in [4.69, 9.17) is 0 Å². The third kappa shape index (κ3) is 4.70. The number of nitrogens with one attached hydrogen (secondary N) is 1. The summed E-state index contributed by atoms with van der Waals surface area (Å²) in [7, 11) is 0. The minimum absolute atomic E-state index is 0.0181. The molecule has 140 valence electrons. The topological polar surface area (TPSA) is 80.0 Å². The molecule has 2 N–H and O–H groups in total. The molecule has 6 nitrogen and oxygen atoms in total. The highest BCUT2D eigenvalue weighted by Crippen LogP contribution is 2.30. The van der Waals surface area contributed by atoms with Gasteiger partial charge in [-0.1, -0.05) is 36.4 Å². The molecule has 9 heteroatoms. The maximum Gasteiger partial charge on any atom is 0.416 e. The zero-order valence-electron chi connectivity index (χ0n) is 13.9. The highest BCUT2D eigenvalue weighted by atomic mass is 19.4. The first-order valence-corrected chi connectivity index (χ1v) is 7.94. The summed E-state index contributed by atoms with van der Waals surface area (Å²) in [5.41, 5.74) is -0.205. The van der Waals surface area contributed by atoms with Crippen molar-refractivity contribution in [3.05, 3.63) is 77.9 Å². The molecule has 0 radical (unpaired) electrons. The minimum Gasteiger partial charge on any atom is -0.386 e.